The van der Waals surface area contributed by atoms with E-state index in [0.29, 0.717) is 24.0 Å². The lowest BCUT2D eigenvalue weighted by Gasteiger charge is -2.49. The third-order valence-electron chi connectivity index (χ3n) is 5.07. The quantitative estimate of drug-likeness (QED) is 0.497. The van der Waals surface area contributed by atoms with Gasteiger partial charge >= 0.3 is 5.97 Å². The first-order valence-electron chi connectivity index (χ1n) is 9.89. The van der Waals surface area contributed by atoms with Gasteiger partial charge in [-0.3, -0.25) is 9.69 Å². The van der Waals surface area contributed by atoms with E-state index in [1.165, 1.54) is 0 Å². The third-order valence-corrected chi connectivity index (χ3v) is 6.49. The number of phenolic OH excluding ortho intramolecular Hbond substituents is 1. The van der Waals surface area contributed by atoms with Crippen molar-refractivity contribution in [3.63, 3.8) is 0 Å². The van der Waals surface area contributed by atoms with Gasteiger partial charge in [0.1, 0.15) is 28.5 Å². The molecule has 3 atom stereocenters. The lowest BCUT2D eigenvalue weighted by molar-refractivity contribution is -0.158. The van der Waals surface area contributed by atoms with Crippen LogP contribution >= 0.6 is 11.8 Å². The zero-order valence-corrected chi connectivity index (χ0v) is 18.2. The lowest BCUT2D eigenvalue weighted by atomic mass is 10.0. The van der Waals surface area contributed by atoms with Gasteiger partial charge in [0.2, 0.25) is 0 Å². The maximum Gasteiger partial charge on any atom is 0.355 e. The first-order valence-corrected chi connectivity index (χ1v) is 10.9. The van der Waals surface area contributed by atoms with Gasteiger partial charge in [-0.1, -0.05) is 12.1 Å². The van der Waals surface area contributed by atoms with E-state index in [1.54, 1.807) is 28.8 Å². The number of thioether (sulfide) groups is 1. The highest BCUT2D eigenvalue weighted by Crippen LogP contribution is 2.41. The third kappa shape index (κ3) is 3.86. The molecule has 1 aromatic rings. The summed E-state index contributed by atoms with van der Waals surface area (Å²) in [5, 5.41) is 15.7. The fourth-order valence-electron chi connectivity index (χ4n) is 3.65. The SMILES string of the molecule is CC1=C(C(=O)OC(C)(C)C)N2C(=O)C(NC3=NC(c4ccc(O)cc4)CN3)[C@@H]2SC1. The van der Waals surface area contributed by atoms with Crippen molar-refractivity contribution in [1.29, 1.82) is 0 Å². The van der Waals surface area contributed by atoms with Gasteiger partial charge in [-0.25, -0.2) is 9.79 Å². The molecule has 0 bridgehead atoms. The second kappa shape index (κ2) is 7.54. The Kier molecular flexibility index (Phi) is 5.17. The number of phenols is 1. The maximum absolute atomic E-state index is 12.9. The van der Waals surface area contributed by atoms with Crippen molar-refractivity contribution in [3.8, 4) is 5.75 Å². The topological polar surface area (TPSA) is 103 Å². The Labute approximate surface area is 179 Å². The number of rotatable bonds is 3. The highest BCUT2D eigenvalue weighted by molar-refractivity contribution is 8.00. The number of carbonyl (C=O) groups is 2. The average molecular weight is 431 g/mol. The van der Waals surface area contributed by atoms with Crippen molar-refractivity contribution in [2.24, 2.45) is 4.99 Å². The molecule has 3 aliphatic heterocycles. The minimum atomic E-state index is -0.623. The Balaban J connectivity index is 1.45. The fraction of sp³-hybridized carbons (Fsp3) is 0.476. The Bertz CT molecular complexity index is 935. The van der Waals surface area contributed by atoms with Gasteiger partial charge in [0.15, 0.2) is 5.96 Å². The molecule has 30 heavy (non-hydrogen) atoms. The number of carbonyl (C=O) groups excluding carboxylic acids is 2. The molecule has 8 nitrogen and oxygen atoms in total. The van der Waals surface area contributed by atoms with E-state index in [0.717, 1.165) is 11.1 Å². The van der Waals surface area contributed by atoms with Crippen LogP contribution in [0, 0.1) is 0 Å². The summed E-state index contributed by atoms with van der Waals surface area (Å²) in [5.41, 5.74) is 1.57. The van der Waals surface area contributed by atoms with Gasteiger partial charge in [0, 0.05) is 12.3 Å². The minimum Gasteiger partial charge on any atom is -0.508 e. The van der Waals surface area contributed by atoms with E-state index in [2.05, 4.69) is 15.6 Å². The van der Waals surface area contributed by atoms with E-state index in [4.69, 9.17) is 4.74 Å². The number of fused-ring (bicyclic) bond motifs is 1. The van der Waals surface area contributed by atoms with Crippen LogP contribution in [0.5, 0.6) is 5.75 Å². The van der Waals surface area contributed by atoms with Crippen LogP contribution in [-0.4, -0.2) is 57.2 Å². The maximum atomic E-state index is 12.9. The predicted molar refractivity (Wildman–Crippen MR) is 115 cm³/mol. The predicted octanol–water partition coefficient (Wildman–Crippen LogP) is 1.88. The molecule has 3 aliphatic rings. The number of nitrogens with one attached hydrogen (secondary N) is 2. The molecule has 9 heteroatoms. The van der Waals surface area contributed by atoms with Gasteiger partial charge in [0.25, 0.3) is 5.91 Å². The largest absolute Gasteiger partial charge is 0.508 e. The van der Waals surface area contributed by atoms with Crippen LogP contribution in [0.1, 0.15) is 39.3 Å². The monoisotopic (exact) mass is 430 g/mol. The number of aromatic hydroxyl groups is 1. The summed E-state index contributed by atoms with van der Waals surface area (Å²) in [5.74, 6) is 0.824. The summed E-state index contributed by atoms with van der Waals surface area (Å²) in [6.07, 6.45) is 0. The number of nitrogens with zero attached hydrogens (tertiary/aromatic N) is 2. The van der Waals surface area contributed by atoms with Crippen molar-refractivity contribution in [3.05, 3.63) is 41.1 Å². The van der Waals surface area contributed by atoms with Gasteiger partial charge in [0.05, 0.1) is 6.04 Å². The van der Waals surface area contributed by atoms with Gasteiger partial charge in [-0.15, -0.1) is 11.8 Å². The summed E-state index contributed by atoms with van der Waals surface area (Å²) in [4.78, 5) is 31.7. The number of aliphatic imine (C=N–C) groups is 1. The normalized spacial score (nSPS) is 25.9. The lowest BCUT2D eigenvalue weighted by Crippen LogP contribution is -2.71. The molecular weight excluding hydrogens is 404 g/mol. The zero-order chi connectivity index (χ0) is 21.6. The van der Waals surface area contributed by atoms with Crippen molar-refractivity contribution >= 4 is 29.6 Å². The van der Waals surface area contributed by atoms with Crippen LogP contribution in [0.15, 0.2) is 40.5 Å². The Morgan fingerprint density at radius 3 is 2.70 bits per heavy atom. The summed E-state index contributed by atoms with van der Waals surface area (Å²) in [6, 6.07) is 6.40. The summed E-state index contributed by atoms with van der Waals surface area (Å²) in [7, 11) is 0. The standard InChI is InChI=1S/C21H26N4O4S/c1-11-10-30-18-15(17(27)25(18)16(11)19(28)29-21(2,3)4)24-20-22-9-14(23-20)12-5-7-13(26)8-6-12/h5-8,14-15,18,26H,9-10H2,1-4H3,(H2,22,23,24)/t14?,15?,18-/m0/s1. The van der Waals surface area contributed by atoms with Crippen molar-refractivity contribution in [2.45, 2.75) is 50.8 Å². The molecule has 1 fully saturated rings. The van der Waals surface area contributed by atoms with Crippen LogP contribution in [-0.2, 0) is 14.3 Å². The van der Waals surface area contributed by atoms with Crippen LogP contribution in [0.4, 0.5) is 0 Å². The average Bonchev–Trinajstić information content (AvgIpc) is 3.14. The smallest absolute Gasteiger partial charge is 0.355 e. The first kappa shape index (κ1) is 20.6. The number of β-lactam (4-membered cyclic amide) rings is 1. The summed E-state index contributed by atoms with van der Waals surface area (Å²) >= 11 is 1.62. The molecular formula is C21H26N4O4S. The Morgan fingerprint density at radius 2 is 2.03 bits per heavy atom. The van der Waals surface area contributed by atoms with E-state index in [9.17, 15) is 14.7 Å². The van der Waals surface area contributed by atoms with E-state index >= 15 is 0 Å². The zero-order valence-electron chi connectivity index (χ0n) is 17.4. The second-order valence-corrected chi connectivity index (χ2v) is 9.73. The Morgan fingerprint density at radius 1 is 1.33 bits per heavy atom. The number of hydrogen-bond donors (Lipinski definition) is 3. The van der Waals surface area contributed by atoms with Gasteiger partial charge in [-0.05, 0) is 51.0 Å². The molecule has 0 aliphatic carbocycles. The number of benzene rings is 1. The molecule has 4 rings (SSSR count). The van der Waals surface area contributed by atoms with Gasteiger partial charge in [-0.2, -0.15) is 0 Å². The van der Waals surface area contributed by atoms with E-state index in [1.807, 2.05) is 39.8 Å². The van der Waals surface area contributed by atoms with Crippen LogP contribution in [0.3, 0.4) is 0 Å². The molecule has 2 unspecified atom stereocenters. The molecule has 0 saturated carbocycles. The van der Waals surface area contributed by atoms with Crippen molar-refractivity contribution in [2.75, 3.05) is 12.3 Å². The minimum absolute atomic E-state index is 0.0853. The first-order chi connectivity index (χ1) is 14.1. The second-order valence-electron chi connectivity index (χ2n) is 8.63. The molecule has 1 amide bonds. The molecule has 1 aromatic carbocycles. The highest BCUT2D eigenvalue weighted by atomic mass is 32.2. The number of hydrogen-bond acceptors (Lipinski definition) is 8. The van der Waals surface area contributed by atoms with Gasteiger partial charge < -0.3 is 20.5 Å². The van der Waals surface area contributed by atoms with Crippen LogP contribution in [0.25, 0.3) is 0 Å². The molecule has 0 radical (unpaired) electrons. The molecule has 1 saturated heterocycles. The van der Waals surface area contributed by atoms with Crippen LogP contribution in [0.2, 0.25) is 0 Å². The van der Waals surface area contributed by atoms with E-state index < -0.39 is 17.6 Å². The number of guanidine groups is 1. The molecule has 3 N–H and O–H groups in total. The molecule has 0 spiro atoms. The summed E-state index contributed by atoms with van der Waals surface area (Å²) < 4.78 is 5.51. The van der Waals surface area contributed by atoms with Crippen LogP contribution < -0.4 is 10.6 Å². The highest BCUT2D eigenvalue weighted by Gasteiger charge is 2.54. The molecule has 0 aromatic heterocycles. The van der Waals surface area contributed by atoms with Crippen molar-refractivity contribution in [1.82, 2.24) is 15.5 Å². The van der Waals surface area contributed by atoms with Crippen molar-refractivity contribution < 1.29 is 19.4 Å². The summed E-state index contributed by atoms with van der Waals surface area (Å²) in [6.45, 7) is 7.91. The number of esters is 1. The molecule has 3 heterocycles. The Hall–Kier alpha value is -2.68. The number of ether oxygens (including phenoxy) is 1. The fourth-order valence-corrected chi connectivity index (χ4v) is 4.95. The van der Waals surface area contributed by atoms with E-state index in [-0.39, 0.29) is 23.1 Å². The molecule has 160 valence electrons. The number of amides is 1.